The number of nitrogens with one attached hydrogen (secondary N) is 1. The van der Waals surface area contributed by atoms with E-state index in [2.05, 4.69) is 5.32 Å². The lowest BCUT2D eigenvalue weighted by atomic mass is 10.1. The van der Waals surface area contributed by atoms with Crippen LogP contribution in [0.2, 0.25) is 5.02 Å². The Bertz CT molecular complexity index is 1230. The van der Waals surface area contributed by atoms with Crippen molar-refractivity contribution in [1.29, 1.82) is 0 Å². The van der Waals surface area contributed by atoms with Gasteiger partial charge in [-0.3, -0.25) is 4.79 Å². The molecule has 1 saturated carbocycles. The highest BCUT2D eigenvalue weighted by Crippen LogP contribution is 2.29. The van der Waals surface area contributed by atoms with Crippen LogP contribution in [0.3, 0.4) is 0 Å². The van der Waals surface area contributed by atoms with E-state index >= 15 is 0 Å². The molecule has 0 saturated heterocycles. The summed E-state index contributed by atoms with van der Waals surface area (Å²) in [7, 11) is 3.21. The molecule has 37 heavy (non-hydrogen) atoms. The van der Waals surface area contributed by atoms with E-state index in [1.54, 1.807) is 36.5 Å². The number of hydrogen-bond donors (Lipinski definition) is 1. The third-order valence-electron chi connectivity index (χ3n) is 6.38. The molecule has 1 aliphatic rings. The molecule has 3 aromatic rings. The molecule has 1 N–H and O–H groups in total. The van der Waals surface area contributed by atoms with Crippen molar-refractivity contribution in [1.82, 2.24) is 9.80 Å². The molecule has 1 heterocycles. The number of benzene rings is 2. The fourth-order valence-electron chi connectivity index (χ4n) is 4.05. The van der Waals surface area contributed by atoms with E-state index in [0.717, 1.165) is 28.8 Å². The zero-order chi connectivity index (χ0) is 26.4. The van der Waals surface area contributed by atoms with Crippen LogP contribution in [0.4, 0.5) is 10.5 Å². The Balaban J connectivity index is 1.46. The minimum atomic E-state index is -0.285. The number of carbonyl (C=O) groups is 2. The molecule has 3 amide bonds. The second-order valence-electron chi connectivity index (χ2n) is 9.09. The largest absolute Gasteiger partial charge is 0.493 e. The predicted octanol–water partition coefficient (Wildman–Crippen LogP) is 5.99. The number of amides is 3. The number of urea groups is 1. The predicted molar refractivity (Wildman–Crippen MR) is 148 cm³/mol. The lowest BCUT2D eigenvalue weighted by Crippen LogP contribution is -2.45. The van der Waals surface area contributed by atoms with Crippen LogP contribution in [-0.4, -0.2) is 55.1 Å². The summed E-state index contributed by atoms with van der Waals surface area (Å²) in [4.78, 5) is 31.3. The number of thiophene rings is 1. The molecule has 2 aromatic carbocycles. The average molecular weight is 542 g/mol. The van der Waals surface area contributed by atoms with Crippen molar-refractivity contribution in [3.05, 3.63) is 74.9 Å². The van der Waals surface area contributed by atoms with Crippen molar-refractivity contribution in [2.24, 2.45) is 0 Å². The molecule has 0 bridgehead atoms. The van der Waals surface area contributed by atoms with E-state index < -0.39 is 0 Å². The second-order valence-corrected chi connectivity index (χ2v) is 10.5. The summed E-state index contributed by atoms with van der Waals surface area (Å²) >= 11 is 7.84. The third kappa shape index (κ3) is 7.17. The van der Waals surface area contributed by atoms with Gasteiger partial charge >= 0.3 is 6.03 Å². The molecule has 7 nitrogen and oxygen atoms in total. The summed E-state index contributed by atoms with van der Waals surface area (Å²) in [5.74, 6) is 1.24. The molecule has 0 unspecified atom stereocenters. The maximum Gasteiger partial charge on any atom is 0.322 e. The number of ether oxygens (including phenoxy) is 2. The zero-order valence-electron chi connectivity index (χ0n) is 21.3. The summed E-state index contributed by atoms with van der Waals surface area (Å²) in [5.41, 5.74) is 2.59. The van der Waals surface area contributed by atoms with Gasteiger partial charge in [0.2, 0.25) is 5.91 Å². The van der Waals surface area contributed by atoms with Gasteiger partial charge in [-0.1, -0.05) is 29.8 Å². The Morgan fingerprint density at radius 2 is 1.86 bits per heavy atom. The Morgan fingerprint density at radius 1 is 1.08 bits per heavy atom. The minimum absolute atomic E-state index is 0.0212. The van der Waals surface area contributed by atoms with Crippen LogP contribution in [0.15, 0.2) is 53.9 Å². The Morgan fingerprint density at radius 3 is 2.51 bits per heavy atom. The van der Waals surface area contributed by atoms with Gasteiger partial charge < -0.3 is 24.6 Å². The van der Waals surface area contributed by atoms with Crippen LogP contribution in [0.5, 0.6) is 11.5 Å². The Kier molecular flexibility index (Phi) is 8.95. The highest BCUT2D eigenvalue weighted by atomic mass is 35.5. The van der Waals surface area contributed by atoms with Crippen molar-refractivity contribution in [3.63, 3.8) is 0 Å². The number of aryl methyl sites for hydroxylation is 1. The molecule has 1 fully saturated rings. The van der Waals surface area contributed by atoms with Crippen molar-refractivity contribution >= 4 is 40.6 Å². The minimum Gasteiger partial charge on any atom is -0.493 e. The first-order valence-corrected chi connectivity index (χ1v) is 13.5. The molecular weight excluding hydrogens is 510 g/mol. The van der Waals surface area contributed by atoms with Crippen LogP contribution >= 0.6 is 22.9 Å². The molecule has 4 rings (SSSR count). The van der Waals surface area contributed by atoms with E-state index in [0.29, 0.717) is 41.7 Å². The first kappa shape index (κ1) is 26.8. The Hall–Kier alpha value is -3.23. The number of halogens is 1. The van der Waals surface area contributed by atoms with Crippen LogP contribution in [0.1, 0.15) is 28.8 Å². The van der Waals surface area contributed by atoms with Gasteiger partial charge in [-0.15, -0.1) is 11.3 Å². The molecule has 0 spiro atoms. The molecule has 196 valence electrons. The molecule has 1 aromatic heterocycles. The summed E-state index contributed by atoms with van der Waals surface area (Å²) in [6.45, 7) is 2.94. The summed E-state index contributed by atoms with van der Waals surface area (Å²) in [6.07, 6.45) is 2.44. The lowest BCUT2D eigenvalue weighted by Gasteiger charge is -2.28. The summed E-state index contributed by atoms with van der Waals surface area (Å²) < 4.78 is 10.8. The van der Waals surface area contributed by atoms with Gasteiger partial charge in [-0.05, 0) is 73.0 Å². The molecule has 9 heteroatoms. The van der Waals surface area contributed by atoms with Gasteiger partial charge in [-0.2, -0.15) is 0 Å². The molecular formula is C28H32ClN3O4S. The third-order valence-corrected chi connectivity index (χ3v) is 7.64. The summed E-state index contributed by atoms with van der Waals surface area (Å²) in [6, 6.07) is 15.0. The van der Waals surface area contributed by atoms with Gasteiger partial charge in [0, 0.05) is 28.2 Å². The number of hydrogen-bond acceptors (Lipinski definition) is 5. The van der Waals surface area contributed by atoms with Crippen LogP contribution in [0, 0.1) is 6.92 Å². The SMILES string of the molecule is COc1ccc(CCN(Cc2cccs2)C(=O)CN(C(=O)Nc2ccc(C)c(Cl)c2)C2CC2)cc1OC. The van der Waals surface area contributed by atoms with Crippen molar-refractivity contribution in [3.8, 4) is 11.5 Å². The fourth-order valence-corrected chi connectivity index (χ4v) is 4.95. The second kappa shape index (κ2) is 12.3. The standard InChI is InChI=1S/C28H32ClN3O4S/c1-19-6-8-21(16-24(19)29)30-28(34)32(22-9-10-22)18-27(33)31(17-23-5-4-14-37-23)13-12-20-7-11-25(35-2)26(15-20)36-3/h4-8,11,14-16,22H,9-10,12-13,17-18H2,1-3H3,(H,30,34). The van der Waals surface area contributed by atoms with E-state index in [-0.39, 0.29) is 24.5 Å². The molecule has 1 aliphatic carbocycles. The Labute approximate surface area is 226 Å². The first-order chi connectivity index (χ1) is 17.9. The monoisotopic (exact) mass is 541 g/mol. The van der Waals surface area contributed by atoms with E-state index in [9.17, 15) is 9.59 Å². The smallest absolute Gasteiger partial charge is 0.322 e. The summed E-state index contributed by atoms with van der Waals surface area (Å²) in [5, 5.41) is 5.50. The molecule has 0 aliphatic heterocycles. The number of carbonyl (C=O) groups excluding carboxylic acids is 2. The highest BCUT2D eigenvalue weighted by Gasteiger charge is 2.35. The van der Waals surface area contributed by atoms with E-state index in [1.807, 2.05) is 59.7 Å². The van der Waals surface area contributed by atoms with Crippen molar-refractivity contribution in [2.45, 2.75) is 38.8 Å². The van der Waals surface area contributed by atoms with E-state index in [1.165, 1.54) is 0 Å². The zero-order valence-corrected chi connectivity index (χ0v) is 22.9. The number of methoxy groups -OCH3 is 2. The number of nitrogens with zero attached hydrogens (tertiary/aromatic N) is 2. The normalized spacial score (nSPS) is 12.6. The van der Waals surface area contributed by atoms with Crippen molar-refractivity contribution < 1.29 is 19.1 Å². The number of anilines is 1. The van der Waals surface area contributed by atoms with Gasteiger partial charge in [0.1, 0.15) is 6.54 Å². The molecule has 0 atom stereocenters. The van der Waals surface area contributed by atoms with Gasteiger partial charge in [0.15, 0.2) is 11.5 Å². The number of rotatable bonds is 11. The maximum atomic E-state index is 13.6. The maximum absolute atomic E-state index is 13.6. The fraction of sp³-hybridized carbons (Fsp3) is 0.357. The quantitative estimate of drug-likeness (QED) is 0.323. The van der Waals surface area contributed by atoms with Crippen LogP contribution in [0.25, 0.3) is 0 Å². The van der Waals surface area contributed by atoms with Gasteiger partial charge in [0.05, 0.1) is 20.8 Å². The lowest BCUT2D eigenvalue weighted by molar-refractivity contribution is -0.132. The van der Waals surface area contributed by atoms with E-state index in [4.69, 9.17) is 21.1 Å². The van der Waals surface area contributed by atoms with Gasteiger partial charge in [0.25, 0.3) is 0 Å². The van der Waals surface area contributed by atoms with Crippen LogP contribution < -0.4 is 14.8 Å². The van der Waals surface area contributed by atoms with Crippen molar-refractivity contribution in [2.75, 3.05) is 32.6 Å². The highest BCUT2D eigenvalue weighted by molar-refractivity contribution is 7.09. The molecule has 0 radical (unpaired) electrons. The average Bonchev–Trinajstić information content (AvgIpc) is 3.61. The van der Waals surface area contributed by atoms with Gasteiger partial charge in [-0.25, -0.2) is 4.79 Å². The first-order valence-electron chi connectivity index (χ1n) is 12.2. The topological polar surface area (TPSA) is 71.1 Å². The van der Waals surface area contributed by atoms with Crippen LogP contribution in [-0.2, 0) is 17.8 Å².